The zero-order valence-corrected chi connectivity index (χ0v) is 10.1. The summed E-state index contributed by atoms with van der Waals surface area (Å²) in [5.74, 6) is 0.245. The zero-order chi connectivity index (χ0) is 11.3. The number of hydrogen-bond acceptors (Lipinski definition) is 3. The van der Waals surface area contributed by atoms with Crippen LogP contribution in [0, 0.1) is 0 Å². The maximum Gasteiger partial charge on any atom is 0.240 e. The highest BCUT2D eigenvalue weighted by Gasteiger charge is 2.26. The number of rotatable bonds is 6. The molecule has 1 fully saturated rings. The lowest BCUT2D eigenvalue weighted by Gasteiger charge is -2.20. The molecular formula is C11H23N3O. The molecule has 1 saturated heterocycles. The van der Waals surface area contributed by atoms with Crippen LogP contribution < -0.4 is 5.32 Å². The lowest BCUT2D eigenvalue weighted by molar-refractivity contribution is -0.128. The van der Waals surface area contributed by atoms with Crippen LogP contribution in [0.2, 0.25) is 0 Å². The van der Waals surface area contributed by atoms with E-state index in [1.54, 1.807) is 0 Å². The van der Waals surface area contributed by atoms with E-state index in [0.717, 1.165) is 39.3 Å². The first-order valence-corrected chi connectivity index (χ1v) is 5.93. The Hall–Kier alpha value is -0.610. The van der Waals surface area contributed by atoms with E-state index in [9.17, 15) is 4.79 Å². The van der Waals surface area contributed by atoms with Gasteiger partial charge in [-0.2, -0.15) is 0 Å². The van der Waals surface area contributed by atoms with E-state index < -0.39 is 0 Å². The molecule has 4 heteroatoms. The summed E-state index contributed by atoms with van der Waals surface area (Å²) in [5.41, 5.74) is 0. The molecule has 1 rings (SSSR count). The molecule has 4 nitrogen and oxygen atoms in total. The van der Waals surface area contributed by atoms with Crippen molar-refractivity contribution in [2.45, 2.75) is 33.2 Å². The Kier molecular flexibility index (Phi) is 5.05. The van der Waals surface area contributed by atoms with Gasteiger partial charge in [-0.05, 0) is 33.0 Å². The lowest BCUT2D eigenvalue weighted by Crippen LogP contribution is -2.32. The molecule has 0 aromatic carbocycles. The Bertz CT molecular complexity index is 204. The molecule has 1 amide bonds. The van der Waals surface area contributed by atoms with E-state index in [1.807, 2.05) is 11.8 Å². The van der Waals surface area contributed by atoms with Crippen LogP contribution in [0.25, 0.3) is 0 Å². The van der Waals surface area contributed by atoms with Crippen LogP contribution in [-0.2, 0) is 4.79 Å². The van der Waals surface area contributed by atoms with E-state index in [2.05, 4.69) is 24.1 Å². The number of carbonyl (C=O) groups is 1. The van der Waals surface area contributed by atoms with Crippen LogP contribution in [0.15, 0.2) is 0 Å². The molecule has 1 atom stereocenters. The largest absolute Gasteiger partial charge is 0.329 e. The van der Waals surface area contributed by atoms with E-state index in [4.69, 9.17) is 0 Å². The first-order valence-electron chi connectivity index (χ1n) is 5.93. The second-order valence-electron chi connectivity index (χ2n) is 4.07. The molecule has 0 aromatic rings. The molecular weight excluding hydrogens is 190 g/mol. The van der Waals surface area contributed by atoms with Gasteiger partial charge in [-0.25, -0.2) is 0 Å². The van der Waals surface area contributed by atoms with E-state index in [0.29, 0.717) is 0 Å². The van der Waals surface area contributed by atoms with Crippen LogP contribution in [0.5, 0.6) is 0 Å². The van der Waals surface area contributed by atoms with Gasteiger partial charge in [0.15, 0.2) is 0 Å². The number of amides is 1. The summed E-state index contributed by atoms with van der Waals surface area (Å²) in [4.78, 5) is 15.9. The highest BCUT2D eigenvalue weighted by molar-refractivity contribution is 5.83. The van der Waals surface area contributed by atoms with Gasteiger partial charge in [0.25, 0.3) is 0 Å². The van der Waals surface area contributed by atoms with Gasteiger partial charge < -0.3 is 9.80 Å². The summed E-state index contributed by atoms with van der Waals surface area (Å²) in [7, 11) is 0. The highest BCUT2D eigenvalue weighted by atomic mass is 16.2. The Morgan fingerprint density at radius 1 is 1.47 bits per heavy atom. The number of nitrogens with zero attached hydrogens (tertiary/aromatic N) is 2. The maximum atomic E-state index is 11.6. The third-order valence-electron chi connectivity index (χ3n) is 3.07. The van der Waals surface area contributed by atoms with Gasteiger partial charge in [0.05, 0.1) is 12.7 Å². The van der Waals surface area contributed by atoms with Gasteiger partial charge >= 0.3 is 0 Å². The van der Waals surface area contributed by atoms with Crippen molar-refractivity contribution < 1.29 is 4.79 Å². The topological polar surface area (TPSA) is 35.6 Å². The molecule has 0 aliphatic carbocycles. The normalized spacial score (nSPS) is 21.7. The van der Waals surface area contributed by atoms with Crippen LogP contribution in [0.4, 0.5) is 0 Å². The fourth-order valence-electron chi connectivity index (χ4n) is 1.90. The lowest BCUT2D eigenvalue weighted by atomic mass is 10.3. The van der Waals surface area contributed by atoms with Gasteiger partial charge in [-0.15, -0.1) is 0 Å². The Labute approximate surface area is 92.6 Å². The molecule has 15 heavy (non-hydrogen) atoms. The molecule has 1 heterocycles. The molecule has 1 N–H and O–H groups in total. The average molecular weight is 213 g/mol. The summed E-state index contributed by atoms with van der Waals surface area (Å²) in [5, 5.41) is 3.15. The molecule has 1 aliphatic heterocycles. The van der Waals surface area contributed by atoms with Crippen molar-refractivity contribution in [1.29, 1.82) is 0 Å². The van der Waals surface area contributed by atoms with Crippen LogP contribution >= 0.6 is 0 Å². The van der Waals surface area contributed by atoms with Crippen LogP contribution in [0.1, 0.15) is 27.2 Å². The maximum absolute atomic E-state index is 11.6. The monoisotopic (exact) mass is 213 g/mol. The predicted octanol–water partition coefficient (Wildman–Crippen LogP) is 0.496. The predicted molar refractivity (Wildman–Crippen MR) is 61.6 cm³/mol. The SMILES string of the molecule is CCN(CC)CCCN1CNC(C)C1=O. The second kappa shape index (κ2) is 6.08. The Morgan fingerprint density at radius 2 is 2.13 bits per heavy atom. The van der Waals surface area contributed by atoms with Crippen LogP contribution in [0.3, 0.4) is 0 Å². The molecule has 0 spiro atoms. The Morgan fingerprint density at radius 3 is 2.60 bits per heavy atom. The first kappa shape index (κ1) is 12.5. The summed E-state index contributed by atoms with van der Waals surface area (Å²) < 4.78 is 0. The van der Waals surface area contributed by atoms with Crippen LogP contribution in [-0.4, -0.2) is 54.6 Å². The molecule has 0 saturated carbocycles. The fraction of sp³-hybridized carbons (Fsp3) is 0.909. The van der Waals surface area contributed by atoms with E-state index >= 15 is 0 Å². The summed E-state index contributed by atoms with van der Waals surface area (Å²) >= 11 is 0. The standard InChI is InChI=1S/C11H23N3O/c1-4-13(5-2)7-6-8-14-9-12-10(3)11(14)15/h10,12H,4-9H2,1-3H3. The minimum absolute atomic E-state index is 0.0125. The van der Waals surface area contributed by atoms with Gasteiger partial charge in [0.1, 0.15) is 0 Å². The van der Waals surface area contributed by atoms with Gasteiger partial charge in [0, 0.05) is 6.54 Å². The van der Waals surface area contributed by atoms with Crippen molar-refractivity contribution in [3.8, 4) is 0 Å². The molecule has 0 radical (unpaired) electrons. The van der Waals surface area contributed by atoms with Crippen molar-refractivity contribution in [1.82, 2.24) is 15.1 Å². The number of carbonyl (C=O) groups excluding carboxylic acids is 1. The number of nitrogens with one attached hydrogen (secondary N) is 1. The third-order valence-corrected chi connectivity index (χ3v) is 3.07. The summed E-state index contributed by atoms with van der Waals surface area (Å²) in [6, 6.07) is 0.0125. The molecule has 0 aromatic heterocycles. The molecule has 88 valence electrons. The van der Waals surface area contributed by atoms with Gasteiger partial charge in [-0.3, -0.25) is 10.1 Å². The highest BCUT2D eigenvalue weighted by Crippen LogP contribution is 2.03. The molecule has 1 unspecified atom stereocenters. The van der Waals surface area contributed by atoms with Gasteiger partial charge in [0.2, 0.25) is 5.91 Å². The minimum atomic E-state index is 0.0125. The minimum Gasteiger partial charge on any atom is -0.329 e. The van der Waals surface area contributed by atoms with Crippen molar-refractivity contribution in [3.05, 3.63) is 0 Å². The van der Waals surface area contributed by atoms with E-state index in [-0.39, 0.29) is 11.9 Å². The van der Waals surface area contributed by atoms with Gasteiger partial charge in [-0.1, -0.05) is 13.8 Å². The third kappa shape index (κ3) is 3.47. The van der Waals surface area contributed by atoms with Crippen molar-refractivity contribution in [3.63, 3.8) is 0 Å². The molecule has 0 bridgehead atoms. The Balaban J connectivity index is 2.18. The number of hydrogen-bond donors (Lipinski definition) is 1. The average Bonchev–Trinajstić information content (AvgIpc) is 2.56. The second-order valence-corrected chi connectivity index (χ2v) is 4.07. The quantitative estimate of drug-likeness (QED) is 0.698. The van der Waals surface area contributed by atoms with Crippen molar-refractivity contribution in [2.24, 2.45) is 0 Å². The van der Waals surface area contributed by atoms with Crippen molar-refractivity contribution >= 4 is 5.91 Å². The van der Waals surface area contributed by atoms with E-state index in [1.165, 1.54) is 0 Å². The fourth-order valence-corrected chi connectivity index (χ4v) is 1.90. The molecule has 1 aliphatic rings. The first-order chi connectivity index (χ1) is 7.19. The van der Waals surface area contributed by atoms with Crippen molar-refractivity contribution in [2.75, 3.05) is 32.8 Å². The smallest absolute Gasteiger partial charge is 0.240 e. The zero-order valence-electron chi connectivity index (χ0n) is 10.1. The summed E-state index contributed by atoms with van der Waals surface area (Å²) in [6.45, 7) is 11.2. The summed E-state index contributed by atoms with van der Waals surface area (Å²) in [6.07, 6.45) is 1.07.